The van der Waals surface area contributed by atoms with E-state index in [1.54, 1.807) is 6.20 Å². The van der Waals surface area contributed by atoms with Crippen LogP contribution in [0.5, 0.6) is 0 Å². The van der Waals surface area contributed by atoms with Crippen molar-refractivity contribution in [2.45, 2.75) is 25.3 Å². The van der Waals surface area contributed by atoms with Crippen molar-refractivity contribution >= 4 is 5.91 Å². The Morgan fingerprint density at radius 3 is 3.11 bits per heavy atom. The SMILES string of the molecule is Cn1ncc2c1CCC[C@H]2NC(=O)c1cnccn1. The highest BCUT2D eigenvalue weighted by molar-refractivity contribution is 5.92. The molecule has 6 nitrogen and oxygen atoms in total. The third kappa shape index (κ3) is 2.21. The van der Waals surface area contributed by atoms with Crippen LogP contribution in [0.25, 0.3) is 0 Å². The molecule has 0 saturated heterocycles. The summed E-state index contributed by atoms with van der Waals surface area (Å²) >= 11 is 0. The molecule has 2 aromatic rings. The van der Waals surface area contributed by atoms with Gasteiger partial charge in [0.1, 0.15) is 5.69 Å². The molecular weight excluding hydrogens is 242 g/mol. The van der Waals surface area contributed by atoms with Gasteiger partial charge in [-0.2, -0.15) is 5.10 Å². The summed E-state index contributed by atoms with van der Waals surface area (Å²) in [5.41, 5.74) is 2.67. The number of rotatable bonds is 2. The number of carbonyl (C=O) groups excluding carboxylic acids is 1. The first-order valence-electron chi connectivity index (χ1n) is 6.33. The first kappa shape index (κ1) is 11.8. The quantitative estimate of drug-likeness (QED) is 0.871. The molecule has 2 aromatic heterocycles. The molecule has 0 fully saturated rings. The number of aromatic nitrogens is 4. The summed E-state index contributed by atoms with van der Waals surface area (Å²) in [6.07, 6.45) is 9.40. The van der Waals surface area contributed by atoms with Gasteiger partial charge in [0, 0.05) is 30.7 Å². The number of fused-ring (bicyclic) bond motifs is 1. The first-order valence-corrected chi connectivity index (χ1v) is 6.33. The van der Waals surface area contributed by atoms with Crippen molar-refractivity contribution < 1.29 is 4.79 Å². The molecule has 0 unspecified atom stereocenters. The summed E-state index contributed by atoms with van der Waals surface area (Å²) in [5, 5.41) is 7.28. The van der Waals surface area contributed by atoms with Crippen LogP contribution in [0.2, 0.25) is 0 Å². The van der Waals surface area contributed by atoms with E-state index in [1.165, 1.54) is 18.1 Å². The van der Waals surface area contributed by atoms with Crippen molar-refractivity contribution in [3.8, 4) is 0 Å². The van der Waals surface area contributed by atoms with E-state index in [9.17, 15) is 4.79 Å². The fourth-order valence-electron chi connectivity index (χ4n) is 2.50. The minimum Gasteiger partial charge on any atom is -0.344 e. The molecule has 3 rings (SSSR count). The maximum absolute atomic E-state index is 12.1. The highest BCUT2D eigenvalue weighted by Gasteiger charge is 2.25. The molecule has 0 saturated carbocycles. The standard InChI is InChI=1S/C13H15N5O/c1-18-12-4-2-3-10(9(12)7-16-18)17-13(19)11-8-14-5-6-15-11/h5-8,10H,2-4H2,1H3,(H,17,19)/t10-/m1/s1. The molecule has 1 aliphatic carbocycles. The Morgan fingerprint density at radius 2 is 2.32 bits per heavy atom. The van der Waals surface area contributed by atoms with Crippen molar-refractivity contribution in [3.63, 3.8) is 0 Å². The van der Waals surface area contributed by atoms with Gasteiger partial charge in [-0.1, -0.05) is 0 Å². The van der Waals surface area contributed by atoms with Crippen LogP contribution in [-0.2, 0) is 13.5 Å². The van der Waals surface area contributed by atoms with Crippen molar-refractivity contribution in [1.29, 1.82) is 0 Å². The summed E-state index contributed by atoms with van der Waals surface area (Å²) in [5.74, 6) is -0.185. The van der Waals surface area contributed by atoms with Crippen molar-refractivity contribution in [1.82, 2.24) is 25.1 Å². The van der Waals surface area contributed by atoms with Gasteiger partial charge in [0.15, 0.2) is 0 Å². The Kier molecular flexibility index (Phi) is 2.98. The predicted molar refractivity (Wildman–Crippen MR) is 68.4 cm³/mol. The Balaban J connectivity index is 1.80. The summed E-state index contributed by atoms with van der Waals surface area (Å²) in [6, 6.07) is 0.0203. The lowest BCUT2D eigenvalue weighted by Gasteiger charge is -2.23. The summed E-state index contributed by atoms with van der Waals surface area (Å²) in [4.78, 5) is 20.0. The zero-order valence-corrected chi connectivity index (χ0v) is 10.7. The van der Waals surface area contributed by atoms with Crippen LogP contribution in [0.4, 0.5) is 0 Å². The van der Waals surface area contributed by atoms with Gasteiger partial charge in [0.05, 0.1) is 18.4 Å². The Bertz CT molecular complexity index is 592. The molecule has 2 heterocycles. The zero-order chi connectivity index (χ0) is 13.2. The first-order chi connectivity index (χ1) is 9.25. The van der Waals surface area contributed by atoms with E-state index >= 15 is 0 Å². The average molecular weight is 257 g/mol. The molecule has 0 radical (unpaired) electrons. The maximum Gasteiger partial charge on any atom is 0.271 e. The lowest BCUT2D eigenvalue weighted by molar-refractivity contribution is 0.0927. The highest BCUT2D eigenvalue weighted by atomic mass is 16.1. The van der Waals surface area contributed by atoms with E-state index in [1.807, 2.05) is 17.9 Å². The number of amides is 1. The van der Waals surface area contributed by atoms with Crippen LogP contribution in [0.15, 0.2) is 24.8 Å². The van der Waals surface area contributed by atoms with Gasteiger partial charge >= 0.3 is 0 Å². The molecule has 19 heavy (non-hydrogen) atoms. The molecule has 1 N–H and O–H groups in total. The van der Waals surface area contributed by atoms with Crippen molar-refractivity contribution in [3.05, 3.63) is 41.7 Å². The summed E-state index contributed by atoms with van der Waals surface area (Å²) < 4.78 is 1.88. The number of hydrogen-bond acceptors (Lipinski definition) is 4. The smallest absolute Gasteiger partial charge is 0.271 e. The molecule has 0 spiro atoms. The van der Waals surface area contributed by atoms with Crippen LogP contribution >= 0.6 is 0 Å². The van der Waals surface area contributed by atoms with Gasteiger partial charge in [-0.3, -0.25) is 14.5 Å². The minimum absolute atomic E-state index is 0.0203. The van der Waals surface area contributed by atoms with Crippen LogP contribution < -0.4 is 5.32 Å². The highest BCUT2D eigenvalue weighted by Crippen LogP contribution is 2.29. The number of hydrogen-bond donors (Lipinski definition) is 1. The number of carbonyl (C=O) groups is 1. The molecule has 1 aliphatic rings. The Morgan fingerprint density at radius 1 is 1.42 bits per heavy atom. The van der Waals surface area contributed by atoms with E-state index in [-0.39, 0.29) is 11.9 Å². The third-order valence-corrected chi connectivity index (χ3v) is 3.48. The molecular formula is C13H15N5O. The van der Waals surface area contributed by atoms with Gasteiger partial charge < -0.3 is 5.32 Å². The van der Waals surface area contributed by atoms with E-state index < -0.39 is 0 Å². The molecule has 0 bridgehead atoms. The van der Waals surface area contributed by atoms with Crippen molar-refractivity contribution in [2.75, 3.05) is 0 Å². The summed E-state index contributed by atoms with van der Waals surface area (Å²) in [6.45, 7) is 0. The molecule has 0 aliphatic heterocycles. The van der Waals surface area contributed by atoms with E-state index in [2.05, 4.69) is 20.4 Å². The fourth-order valence-corrected chi connectivity index (χ4v) is 2.50. The second-order valence-corrected chi connectivity index (χ2v) is 4.68. The zero-order valence-electron chi connectivity index (χ0n) is 10.7. The predicted octanol–water partition coefficient (Wildman–Crippen LogP) is 1.02. The average Bonchev–Trinajstić information content (AvgIpc) is 2.83. The van der Waals surface area contributed by atoms with Crippen LogP contribution in [-0.4, -0.2) is 25.7 Å². The van der Waals surface area contributed by atoms with Crippen molar-refractivity contribution in [2.24, 2.45) is 7.05 Å². The fraction of sp³-hybridized carbons (Fsp3) is 0.385. The van der Waals surface area contributed by atoms with E-state index in [0.717, 1.165) is 24.8 Å². The van der Waals surface area contributed by atoms with Gasteiger partial charge in [-0.25, -0.2) is 4.98 Å². The monoisotopic (exact) mass is 257 g/mol. The number of nitrogens with zero attached hydrogens (tertiary/aromatic N) is 4. The second kappa shape index (κ2) is 4.79. The lowest BCUT2D eigenvalue weighted by atomic mass is 9.93. The van der Waals surface area contributed by atoms with Crippen LogP contribution in [0.1, 0.15) is 40.6 Å². The van der Waals surface area contributed by atoms with Gasteiger partial charge in [-0.05, 0) is 19.3 Å². The number of aryl methyl sites for hydroxylation is 1. The van der Waals surface area contributed by atoms with Gasteiger partial charge in [0.25, 0.3) is 5.91 Å². The maximum atomic E-state index is 12.1. The molecule has 1 amide bonds. The van der Waals surface area contributed by atoms with Crippen LogP contribution in [0, 0.1) is 0 Å². The molecule has 98 valence electrons. The normalized spacial score (nSPS) is 17.8. The molecule has 0 aromatic carbocycles. The molecule has 6 heteroatoms. The van der Waals surface area contributed by atoms with Crippen LogP contribution in [0.3, 0.4) is 0 Å². The summed E-state index contributed by atoms with van der Waals surface area (Å²) in [7, 11) is 1.94. The van der Waals surface area contributed by atoms with E-state index in [4.69, 9.17) is 0 Å². The van der Waals surface area contributed by atoms with E-state index in [0.29, 0.717) is 5.69 Å². The Hall–Kier alpha value is -2.24. The second-order valence-electron chi connectivity index (χ2n) is 4.68. The topological polar surface area (TPSA) is 72.7 Å². The van der Waals surface area contributed by atoms with Gasteiger partial charge in [0.2, 0.25) is 0 Å². The van der Waals surface area contributed by atoms with Gasteiger partial charge in [-0.15, -0.1) is 0 Å². The number of nitrogens with one attached hydrogen (secondary N) is 1. The minimum atomic E-state index is -0.185. The lowest BCUT2D eigenvalue weighted by Crippen LogP contribution is -2.31. The Labute approximate surface area is 110 Å². The largest absolute Gasteiger partial charge is 0.344 e. The third-order valence-electron chi connectivity index (χ3n) is 3.48. The molecule has 1 atom stereocenters.